The number of fused-ring (bicyclic) bond motifs is 1. The molecule has 0 saturated heterocycles. The topological polar surface area (TPSA) is 41.6 Å². The lowest BCUT2D eigenvalue weighted by atomic mass is 9.88. The van der Waals surface area contributed by atoms with Gasteiger partial charge >= 0.3 is 0 Å². The minimum Gasteiger partial charge on any atom is -0.328 e. The summed E-state index contributed by atoms with van der Waals surface area (Å²) in [7, 11) is 0. The molecule has 1 aliphatic carbocycles. The lowest BCUT2D eigenvalue weighted by Crippen LogP contribution is -2.12. The zero-order valence-electron chi connectivity index (χ0n) is 11.9. The molecular weight excluding hydrogens is 246 g/mol. The molecule has 1 aromatic carbocycles. The van der Waals surface area contributed by atoms with E-state index < -0.39 is 0 Å². The Hall–Kier alpha value is -1.82. The van der Waals surface area contributed by atoms with Crippen LogP contribution in [0.5, 0.6) is 0 Å². The number of rotatable bonds is 4. The Bertz CT molecular complexity index is 615. The second-order valence-electron chi connectivity index (χ2n) is 5.71. The molecular formula is C17H21N3. The molecule has 0 unspecified atom stereocenters. The lowest BCUT2D eigenvalue weighted by Gasteiger charge is -2.22. The maximum Gasteiger partial charge on any atom is 0.112 e. The van der Waals surface area contributed by atoms with Crippen LogP contribution < -0.4 is 0 Å². The van der Waals surface area contributed by atoms with Gasteiger partial charge in [0.25, 0.3) is 0 Å². The lowest BCUT2D eigenvalue weighted by molar-refractivity contribution is 0.415. The maximum absolute atomic E-state index is 8.75. The van der Waals surface area contributed by atoms with Crippen molar-refractivity contribution in [1.29, 1.82) is 5.26 Å². The highest BCUT2D eigenvalue weighted by Crippen LogP contribution is 2.34. The van der Waals surface area contributed by atoms with Gasteiger partial charge in [-0.25, -0.2) is 4.98 Å². The molecule has 1 aromatic heterocycles. The van der Waals surface area contributed by atoms with Crippen LogP contribution in [0.1, 0.15) is 56.7 Å². The molecule has 0 bridgehead atoms. The monoisotopic (exact) mass is 267 g/mol. The predicted octanol–water partition coefficient (Wildman–Crippen LogP) is 4.39. The minimum absolute atomic E-state index is 0.609. The fourth-order valence-electron chi connectivity index (χ4n) is 3.32. The number of aryl methyl sites for hydroxylation is 1. The first kappa shape index (κ1) is 13.2. The van der Waals surface area contributed by atoms with Crippen LogP contribution in [0.15, 0.2) is 24.3 Å². The molecule has 0 atom stereocenters. The molecule has 104 valence electrons. The Balaban J connectivity index is 1.96. The quantitative estimate of drug-likeness (QED) is 0.771. The van der Waals surface area contributed by atoms with Gasteiger partial charge in [-0.1, -0.05) is 31.4 Å². The van der Waals surface area contributed by atoms with Crippen molar-refractivity contribution in [3.63, 3.8) is 0 Å². The molecule has 3 nitrogen and oxygen atoms in total. The second kappa shape index (κ2) is 6.09. The molecule has 0 spiro atoms. The molecule has 3 heteroatoms. The first-order chi connectivity index (χ1) is 9.90. The van der Waals surface area contributed by atoms with Crippen molar-refractivity contribution in [3.05, 3.63) is 30.1 Å². The van der Waals surface area contributed by atoms with Crippen LogP contribution in [0.2, 0.25) is 0 Å². The fourth-order valence-corrected chi connectivity index (χ4v) is 3.32. The highest BCUT2D eigenvalue weighted by Gasteiger charge is 2.22. The van der Waals surface area contributed by atoms with Crippen molar-refractivity contribution >= 4 is 11.0 Å². The summed E-state index contributed by atoms with van der Waals surface area (Å²) in [5.74, 6) is 1.86. The van der Waals surface area contributed by atoms with E-state index in [0.29, 0.717) is 12.3 Å². The summed E-state index contributed by atoms with van der Waals surface area (Å²) < 4.78 is 2.36. The third-order valence-electron chi connectivity index (χ3n) is 4.32. The fraction of sp³-hybridized carbons (Fsp3) is 0.529. The highest BCUT2D eigenvalue weighted by molar-refractivity contribution is 5.76. The number of imidazole rings is 1. The molecule has 0 N–H and O–H groups in total. The number of hydrogen-bond acceptors (Lipinski definition) is 2. The van der Waals surface area contributed by atoms with Gasteiger partial charge in [0.2, 0.25) is 0 Å². The van der Waals surface area contributed by atoms with E-state index in [1.165, 1.54) is 43.4 Å². The number of hydrogen-bond donors (Lipinski definition) is 0. The summed E-state index contributed by atoms with van der Waals surface area (Å²) in [6, 6.07) is 10.6. The van der Waals surface area contributed by atoms with Crippen LogP contribution in [-0.2, 0) is 6.54 Å². The third-order valence-corrected chi connectivity index (χ3v) is 4.32. The molecule has 1 saturated carbocycles. The third kappa shape index (κ3) is 2.56. The summed E-state index contributed by atoms with van der Waals surface area (Å²) in [5, 5.41) is 8.75. The van der Waals surface area contributed by atoms with E-state index >= 15 is 0 Å². The average molecular weight is 267 g/mol. The largest absolute Gasteiger partial charge is 0.328 e. The molecule has 0 radical (unpaired) electrons. The van der Waals surface area contributed by atoms with Gasteiger partial charge in [0, 0.05) is 18.9 Å². The predicted molar refractivity (Wildman–Crippen MR) is 80.4 cm³/mol. The Kier molecular flexibility index (Phi) is 4.01. The van der Waals surface area contributed by atoms with E-state index in [4.69, 9.17) is 10.2 Å². The van der Waals surface area contributed by atoms with Crippen LogP contribution in [0.25, 0.3) is 11.0 Å². The second-order valence-corrected chi connectivity index (χ2v) is 5.71. The van der Waals surface area contributed by atoms with Gasteiger partial charge in [-0.3, -0.25) is 0 Å². The van der Waals surface area contributed by atoms with Gasteiger partial charge in [-0.15, -0.1) is 0 Å². The number of aromatic nitrogens is 2. The smallest absolute Gasteiger partial charge is 0.112 e. The SMILES string of the molecule is N#CCCCn1c(C2CCCCC2)nc2ccccc21. The van der Waals surface area contributed by atoms with E-state index in [9.17, 15) is 0 Å². The first-order valence-corrected chi connectivity index (χ1v) is 7.72. The van der Waals surface area contributed by atoms with Crippen LogP contribution in [-0.4, -0.2) is 9.55 Å². The number of para-hydroxylation sites is 2. The van der Waals surface area contributed by atoms with Gasteiger partial charge < -0.3 is 4.57 Å². The molecule has 1 fully saturated rings. The van der Waals surface area contributed by atoms with Crippen molar-refractivity contribution in [2.24, 2.45) is 0 Å². The van der Waals surface area contributed by atoms with Crippen LogP contribution in [0, 0.1) is 11.3 Å². The zero-order chi connectivity index (χ0) is 13.8. The van der Waals surface area contributed by atoms with Crippen molar-refractivity contribution in [3.8, 4) is 6.07 Å². The van der Waals surface area contributed by atoms with E-state index in [-0.39, 0.29) is 0 Å². The van der Waals surface area contributed by atoms with Gasteiger partial charge in [-0.05, 0) is 31.4 Å². The van der Waals surface area contributed by atoms with E-state index in [0.717, 1.165) is 18.5 Å². The van der Waals surface area contributed by atoms with E-state index in [1.807, 2.05) is 0 Å². The van der Waals surface area contributed by atoms with Crippen molar-refractivity contribution in [2.75, 3.05) is 0 Å². The molecule has 2 aromatic rings. The molecule has 0 amide bonds. The summed E-state index contributed by atoms with van der Waals surface area (Å²) >= 11 is 0. The van der Waals surface area contributed by atoms with Gasteiger partial charge in [0.15, 0.2) is 0 Å². The van der Waals surface area contributed by atoms with Crippen molar-refractivity contribution in [1.82, 2.24) is 9.55 Å². The van der Waals surface area contributed by atoms with E-state index in [1.54, 1.807) is 0 Å². The first-order valence-electron chi connectivity index (χ1n) is 7.72. The van der Waals surface area contributed by atoms with E-state index in [2.05, 4.69) is 34.9 Å². The normalized spacial score (nSPS) is 16.4. The Morgan fingerprint density at radius 3 is 2.80 bits per heavy atom. The minimum atomic E-state index is 0.609. The molecule has 3 rings (SSSR count). The number of unbranched alkanes of at least 4 members (excludes halogenated alkanes) is 1. The summed E-state index contributed by atoms with van der Waals surface area (Å²) in [4.78, 5) is 4.90. The Morgan fingerprint density at radius 2 is 2.00 bits per heavy atom. The van der Waals surface area contributed by atoms with Crippen LogP contribution in [0.4, 0.5) is 0 Å². The van der Waals surface area contributed by atoms with Gasteiger partial charge in [0.05, 0.1) is 17.1 Å². The van der Waals surface area contributed by atoms with Gasteiger partial charge in [0.1, 0.15) is 5.82 Å². The van der Waals surface area contributed by atoms with Crippen LogP contribution >= 0.6 is 0 Å². The standard InChI is InChI=1S/C17H21N3/c18-12-6-7-13-20-16-11-5-4-10-15(16)19-17(20)14-8-2-1-3-9-14/h4-5,10-11,14H,1-3,6-9,13H2. The number of benzene rings is 1. The molecule has 0 aliphatic heterocycles. The summed E-state index contributed by atoms with van der Waals surface area (Å²) in [6.07, 6.45) is 8.08. The van der Waals surface area contributed by atoms with Crippen molar-refractivity contribution < 1.29 is 0 Å². The summed E-state index contributed by atoms with van der Waals surface area (Å²) in [6.45, 7) is 0.917. The molecule has 1 heterocycles. The highest BCUT2D eigenvalue weighted by atomic mass is 15.1. The van der Waals surface area contributed by atoms with Gasteiger partial charge in [-0.2, -0.15) is 5.26 Å². The Labute approximate surface area is 120 Å². The number of nitriles is 1. The average Bonchev–Trinajstić information content (AvgIpc) is 2.87. The zero-order valence-corrected chi connectivity index (χ0v) is 11.9. The van der Waals surface area contributed by atoms with Crippen LogP contribution in [0.3, 0.4) is 0 Å². The molecule has 20 heavy (non-hydrogen) atoms. The maximum atomic E-state index is 8.75. The molecule has 1 aliphatic rings. The van der Waals surface area contributed by atoms with Crippen molar-refractivity contribution in [2.45, 2.75) is 57.4 Å². The number of nitrogens with zero attached hydrogens (tertiary/aromatic N) is 3. The Morgan fingerprint density at radius 1 is 1.20 bits per heavy atom. The summed E-state index contributed by atoms with van der Waals surface area (Å²) in [5.41, 5.74) is 2.33.